The number of nitrogens with zero attached hydrogens (tertiary/aromatic N) is 5. The Labute approximate surface area is 199 Å². The Kier molecular flexibility index (Phi) is 5.76. The summed E-state index contributed by atoms with van der Waals surface area (Å²) in [7, 11) is 0. The Morgan fingerprint density at radius 3 is 2.94 bits per heavy atom. The van der Waals surface area contributed by atoms with E-state index in [0.29, 0.717) is 44.5 Å². The zero-order chi connectivity index (χ0) is 23.0. The maximum atomic E-state index is 13.0. The van der Waals surface area contributed by atoms with Crippen LogP contribution in [0.3, 0.4) is 0 Å². The van der Waals surface area contributed by atoms with Crippen LogP contribution in [0.4, 0.5) is 0 Å². The monoisotopic (exact) mass is 508 g/mol. The molecule has 3 heterocycles. The van der Waals surface area contributed by atoms with Gasteiger partial charge in [-0.05, 0) is 61.6 Å². The van der Waals surface area contributed by atoms with Crippen molar-refractivity contribution < 1.29 is 9.90 Å². The number of likely N-dealkylation sites (tertiary alicyclic amines) is 1. The molecule has 0 saturated carbocycles. The van der Waals surface area contributed by atoms with Crippen LogP contribution in [0.1, 0.15) is 36.1 Å². The molecule has 1 saturated heterocycles. The molecule has 0 aliphatic carbocycles. The van der Waals surface area contributed by atoms with Gasteiger partial charge in [0, 0.05) is 22.9 Å². The first-order valence-corrected chi connectivity index (χ1v) is 11.8. The number of H-pyrrole nitrogens is 1. The molecule has 1 aliphatic rings. The van der Waals surface area contributed by atoms with Crippen LogP contribution < -0.4 is 0 Å². The van der Waals surface area contributed by atoms with E-state index in [4.69, 9.17) is 0 Å². The highest BCUT2D eigenvalue weighted by Crippen LogP contribution is 2.32. The van der Waals surface area contributed by atoms with Crippen LogP contribution in [0.2, 0.25) is 0 Å². The van der Waals surface area contributed by atoms with Gasteiger partial charge < -0.3 is 10.0 Å². The summed E-state index contributed by atoms with van der Waals surface area (Å²) in [4.78, 5) is 14.8. The SMILES string of the molecule is Cc1cc(Br)ccc1-n1cc(C2(O)CCCN(C(=O)Cc3ccc4cn[nH]c4c3)CC2)nn1. The van der Waals surface area contributed by atoms with Crippen molar-refractivity contribution in [2.75, 3.05) is 13.1 Å². The standard InChI is InChI=1S/C24H25BrN6O2/c1-16-11-19(25)5-6-21(16)31-15-22(28-29-31)24(33)7-2-9-30(10-8-24)23(32)13-17-3-4-18-14-26-27-20(18)12-17/h3-6,11-12,14-15,33H,2,7-10,13H2,1H3,(H,26,27). The number of aromatic nitrogens is 5. The third-order valence-electron chi connectivity index (χ3n) is 6.40. The molecule has 33 heavy (non-hydrogen) atoms. The molecule has 8 nitrogen and oxygen atoms in total. The number of benzene rings is 2. The molecular formula is C24H25BrN6O2. The van der Waals surface area contributed by atoms with Crippen molar-refractivity contribution in [1.82, 2.24) is 30.1 Å². The second kappa shape index (κ2) is 8.72. The fourth-order valence-electron chi connectivity index (χ4n) is 4.48. The largest absolute Gasteiger partial charge is 0.383 e. The lowest BCUT2D eigenvalue weighted by molar-refractivity contribution is -0.130. The van der Waals surface area contributed by atoms with Crippen LogP contribution in [0.25, 0.3) is 16.6 Å². The zero-order valence-electron chi connectivity index (χ0n) is 18.3. The number of fused-ring (bicyclic) bond motifs is 1. The van der Waals surface area contributed by atoms with Gasteiger partial charge in [-0.1, -0.05) is 33.3 Å². The van der Waals surface area contributed by atoms with Gasteiger partial charge in [0.15, 0.2) is 0 Å². The number of hydrogen-bond acceptors (Lipinski definition) is 5. The molecule has 5 rings (SSSR count). The van der Waals surface area contributed by atoms with Gasteiger partial charge in [-0.15, -0.1) is 5.10 Å². The van der Waals surface area contributed by atoms with Crippen LogP contribution in [0.15, 0.2) is 53.3 Å². The normalized spacial score (nSPS) is 19.1. The number of halogens is 1. The van der Waals surface area contributed by atoms with Crippen molar-refractivity contribution in [3.8, 4) is 5.69 Å². The van der Waals surface area contributed by atoms with E-state index in [9.17, 15) is 9.90 Å². The molecule has 1 fully saturated rings. The summed E-state index contributed by atoms with van der Waals surface area (Å²) in [6.45, 7) is 3.11. The minimum absolute atomic E-state index is 0.0623. The second-order valence-corrected chi connectivity index (χ2v) is 9.63. The fourth-order valence-corrected chi connectivity index (χ4v) is 4.95. The summed E-state index contributed by atoms with van der Waals surface area (Å²) in [5.74, 6) is 0.0623. The van der Waals surface area contributed by atoms with E-state index in [2.05, 4.69) is 36.4 Å². The quantitative estimate of drug-likeness (QED) is 0.438. The molecule has 2 aromatic carbocycles. The van der Waals surface area contributed by atoms with Crippen molar-refractivity contribution in [3.63, 3.8) is 0 Å². The van der Waals surface area contributed by atoms with Gasteiger partial charge in [0.2, 0.25) is 5.91 Å². The molecule has 2 aromatic heterocycles. The number of aryl methyl sites for hydroxylation is 1. The smallest absolute Gasteiger partial charge is 0.226 e. The van der Waals surface area contributed by atoms with E-state index in [-0.39, 0.29) is 5.91 Å². The number of amides is 1. The van der Waals surface area contributed by atoms with Crippen LogP contribution in [0, 0.1) is 6.92 Å². The lowest BCUT2D eigenvalue weighted by Gasteiger charge is -2.24. The van der Waals surface area contributed by atoms with Crippen LogP contribution in [-0.2, 0) is 16.8 Å². The maximum absolute atomic E-state index is 13.0. The molecule has 0 spiro atoms. The first-order chi connectivity index (χ1) is 15.9. The third-order valence-corrected chi connectivity index (χ3v) is 6.90. The second-order valence-electron chi connectivity index (χ2n) is 8.71. The Morgan fingerprint density at radius 2 is 2.09 bits per heavy atom. The van der Waals surface area contributed by atoms with Gasteiger partial charge in [0.05, 0.1) is 30.0 Å². The van der Waals surface area contributed by atoms with Gasteiger partial charge in [0.25, 0.3) is 0 Å². The molecule has 0 bridgehead atoms. The van der Waals surface area contributed by atoms with E-state index in [1.807, 2.05) is 48.2 Å². The van der Waals surface area contributed by atoms with Crippen LogP contribution >= 0.6 is 15.9 Å². The molecular weight excluding hydrogens is 484 g/mol. The summed E-state index contributed by atoms with van der Waals surface area (Å²) in [6.07, 6.45) is 5.56. The molecule has 1 atom stereocenters. The number of nitrogens with one attached hydrogen (secondary N) is 1. The Hall–Kier alpha value is -3.04. The summed E-state index contributed by atoms with van der Waals surface area (Å²) < 4.78 is 2.70. The van der Waals surface area contributed by atoms with E-state index < -0.39 is 5.60 Å². The van der Waals surface area contributed by atoms with Crippen molar-refractivity contribution in [3.05, 3.63) is 70.1 Å². The average molecular weight is 509 g/mol. The van der Waals surface area contributed by atoms with Gasteiger partial charge in [0.1, 0.15) is 11.3 Å². The fraction of sp³-hybridized carbons (Fsp3) is 0.333. The summed E-state index contributed by atoms with van der Waals surface area (Å²) in [5.41, 5.74) is 3.28. The molecule has 0 radical (unpaired) electrons. The van der Waals surface area contributed by atoms with Crippen molar-refractivity contribution in [1.29, 1.82) is 0 Å². The third kappa shape index (κ3) is 4.43. The number of aliphatic hydroxyl groups is 1. The van der Waals surface area contributed by atoms with E-state index in [1.54, 1.807) is 17.1 Å². The molecule has 2 N–H and O–H groups in total. The molecule has 9 heteroatoms. The van der Waals surface area contributed by atoms with Gasteiger partial charge in [-0.2, -0.15) is 5.10 Å². The van der Waals surface area contributed by atoms with Crippen LogP contribution in [0.5, 0.6) is 0 Å². The average Bonchev–Trinajstić information content (AvgIpc) is 3.41. The van der Waals surface area contributed by atoms with Gasteiger partial charge >= 0.3 is 0 Å². The van der Waals surface area contributed by atoms with E-state index in [1.165, 1.54) is 0 Å². The van der Waals surface area contributed by atoms with Gasteiger partial charge in [-0.3, -0.25) is 9.89 Å². The minimum Gasteiger partial charge on any atom is -0.383 e. The van der Waals surface area contributed by atoms with Crippen molar-refractivity contribution >= 4 is 32.7 Å². The molecule has 1 aliphatic heterocycles. The number of carbonyl (C=O) groups is 1. The number of aromatic amines is 1. The maximum Gasteiger partial charge on any atom is 0.226 e. The van der Waals surface area contributed by atoms with Gasteiger partial charge in [-0.25, -0.2) is 4.68 Å². The predicted molar refractivity (Wildman–Crippen MR) is 128 cm³/mol. The number of carbonyl (C=O) groups excluding carboxylic acids is 1. The van der Waals surface area contributed by atoms with E-state index >= 15 is 0 Å². The number of rotatable bonds is 4. The molecule has 4 aromatic rings. The highest BCUT2D eigenvalue weighted by atomic mass is 79.9. The molecule has 170 valence electrons. The Bertz CT molecular complexity index is 1320. The first-order valence-electron chi connectivity index (χ1n) is 11.0. The lowest BCUT2D eigenvalue weighted by Crippen LogP contribution is -2.34. The Morgan fingerprint density at radius 1 is 1.21 bits per heavy atom. The highest BCUT2D eigenvalue weighted by Gasteiger charge is 2.36. The highest BCUT2D eigenvalue weighted by molar-refractivity contribution is 9.10. The topological polar surface area (TPSA) is 99.9 Å². The van der Waals surface area contributed by atoms with Crippen molar-refractivity contribution in [2.24, 2.45) is 0 Å². The molecule has 1 unspecified atom stereocenters. The lowest BCUT2D eigenvalue weighted by atomic mass is 9.92. The zero-order valence-corrected chi connectivity index (χ0v) is 19.9. The van der Waals surface area contributed by atoms with Crippen LogP contribution in [-0.4, -0.2) is 54.2 Å². The first kappa shape index (κ1) is 21.8. The van der Waals surface area contributed by atoms with E-state index in [0.717, 1.165) is 32.2 Å². The Balaban J connectivity index is 1.28. The number of hydrogen-bond donors (Lipinski definition) is 2. The summed E-state index contributed by atoms with van der Waals surface area (Å²) in [5, 5.41) is 28.0. The minimum atomic E-state index is -1.11. The summed E-state index contributed by atoms with van der Waals surface area (Å²) >= 11 is 3.48. The van der Waals surface area contributed by atoms with Crippen molar-refractivity contribution in [2.45, 2.75) is 38.2 Å². The molecule has 1 amide bonds. The summed E-state index contributed by atoms with van der Waals surface area (Å²) in [6, 6.07) is 11.8. The predicted octanol–water partition coefficient (Wildman–Crippen LogP) is 3.66.